The molecule has 0 unspecified atom stereocenters. The van der Waals surface area contributed by atoms with Crippen LogP contribution >= 0.6 is 11.3 Å². The molecule has 0 bridgehead atoms. The summed E-state index contributed by atoms with van der Waals surface area (Å²) in [5.74, 6) is -0.936. The minimum absolute atomic E-state index is 0.0231. The number of fused-ring (bicyclic) bond motifs is 1. The summed E-state index contributed by atoms with van der Waals surface area (Å²) in [5, 5.41) is 8.27. The van der Waals surface area contributed by atoms with Crippen molar-refractivity contribution in [3.8, 4) is 5.75 Å². The summed E-state index contributed by atoms with van der Waals surface area (Å²) in [6, 6.07) is 7.02. The first-order valence-electron chi connectivity index (χ1n) is 13.1. The number of benzene rings is 1. The number of carbonyl (C=O) groups is 1. The number of rotatable bonds is 8. The highest BCUT2D eigenvalue weighted by Crippen LogP contribution is 2.42. The van der Waals surface area contributed by atoms with Crippen molar-refractivity contribution in [2.75, 3.05) is 36.0 Å². The number of carbonyl (C=O) groups excluding carboxylic acids is 1. The van der Waals surface area contributed by atoms with Gasteiger partial charge in [-0.25, -0.2) is 22.8 Å². The largest absolute Gasteiger partial charge is 0.488 e. The number of alkyl halides is 1. The molecule has 2 saturated heterocycles. The Labute approximate surface area is 244 Å². The van der Waals surface area contributed by atoms with Gasteiger partial charge >= 0.3 is 10.2 Å². The predicted octanol–water partition coefficient (Wildman–Crippen LogP) is 3.20. The lowest BCUT2D eigenvalue weighted by molar-refractivity contribution is 0.0975. The van der Waals surface area contributed by atoms with Gasteiger partial charge in [0.2, 0.25) is 5.13 Å². The fourth-order valence-corrected chi connectivity index (χ4v) is 6.78. The van der Waals surface area contributed by atoms with Gasteiger partial charge in [-0.2, -0.15) is 8.42 Å². The van der Waals surface area contributed by atoms with Crippen molar-refractivity contribution < 1.29 is 31.5 Å². The molecule has 2 aliphatic heterocycles. The van der Waals surface area contributed by atoms with E-state index in [4.69, 9.17) is 9.47 Å². The predicted molar refractivity (Wildman–Crippen MR) is 150 cm³/mol. The van der Waals surface area contributed by atoms with E-state index in [1.165, 1.54) is 29.8 Å². The van der Waals surface area contributed by atoms with E-state index in [9.17, 15) is 22.0 Å². The van der Waals surface area contributed by atoms with Crippen LogP contribution in [0.1, 0.15) is 39.9 Å². The summed E-state index contributed by atoms with van der Waals surface area (Å²) in [6.45, 7) is 2.70. The summed E-state index contributed by atoms with van der Waals surface area (Å²) < 4.78 is 71.0. The number of amides is 1. The van der Waals surface area contributed by atoms with Crippen LogP contribution < -0.4 is 18.7 Å². The summed E-state index contributed by atoms with van der Waals surface area (Å²) in [4.78, 5) is 19.1. The fourth-order valence-electron chi connectivity index (χ4n) is 5.10. The van der Waals surface area contributed by atoms with E-state index in [2.05, 4.69) is 15.2 Å². The molecule has 222 valence electrons. The molecular formula is C26H27F2N7O5S2. The molecule has 1 amide bonds. The van der Waals surface area contributed by atoms with Gasteiger partial charge in [0.1, 0.15) is 40.2 Å². The van der Waals surface area contributed by atoms with Crippen LogP contribution in [0.25, 0.3) is 5.65 Å². The van der Waals surface area contributed by atoms with Crippen molar-refractivity contribution in [1.29, 1.82) is 0 Å². The molecule has 0 aliphatic carbocycles. The van der Waals surface area contributed by atoms with Crippen molar-refractivity contribution >= 4 is 43.9 Å². The number of halogens is 2. The highest BCUT2D eigenvalue weighted by Gasteiger charge is 2.36. The first-order chi connectivity index (χ1) is 20.1. The maximum absolute atomic E-state index is 14.9. The van der Waals surface area contributed by atoms with E-state index in [-0.39, 0.29) is 29.9 Å². The number of imidazole rings is 1. The number of pyridine rings is 1. The Balaban J connectivity index is 1.30. The van der Waals surface area contributed by atoms with Crippen LogP contribution in [-0.2, 0) is 14.9 Å². The number of hydrogen-bond acceptors (Lipinski definition) is 10. The topological polar surface area (TPSA) is 131 Å². The van der Waals surface area contributed by atoms with Crippen LogP contribution in [0.3, 0.4) is 0 Å². The molecule has 3 atom stereocenters. The van der Waals surface area contributed by atoms with E-state index >= 15 is 0 Å². The Morgan fingerprint density at radius 3 is 2.83 bits per heavy atom. The second-order valence-corrected chi connectivity index (χ2v) is 12.9. The third kappa shape index (κ3) is 5.48. The Kier molecular flexibility index (Phi) is 7.44. The normalized spacial score (nSPS) is 20.8. The Morgan fingerprint density at radius 1 is 1.26 bits per heavy atom. The van der Waals surface area contributed by atoms with Gasteiger partial charge in [-0.05, 0) is 37.3 Å². The smallest absolute Gasteiger partial charge is 0.328 e. The zero-order valence-electron chi connectivity index (χ0n) is 22.6. The van der Waals surface area contributed by atoms with Gasteiger partial charge in [0.05, 0.1) is 31.1 Å². The zero-order valence-corrected chi connectivity index (χ0v) is 24.2. The first-order valence-corrected chi connectivity index (χ1v) is 15.4. The number of ether oxygens (including phenoxy) is 2. The Hall–Kier alpha value is -3.89. The number of aryl methyl sites for hydroxylation is 1. The third-order valence-corrected chi connectivity index (χ3v) is 9.55. The number of aromatic nitrogens is 4. The second-order valence-electron chi connectivity index (χ2n) is 10.1. The molecule has 4 aromatic rings. The van der Waals surface area contributed by atoms with Crippen molar-refractivity contribution in [2.45, 2.75) is 38.1 Å². The molecule has 1 aromatic carbocycles. The van der Waals surface area contributed by atoms with Crippen LogP contribution in [0.15, 0.2) is 42.7 Å². The van der Waals surface area contributed by atoms with Crippen LogP contribution in [0.5, 0.6) is 5.75 Å². The molecule has 0 spiro atoms. The molecule has 2 fully saturated rings. The van der Waals surface area contributed by atoms with Crippen LogP contribution in [0.4, 0.5) is 19.6 Å². The number of anilines is 2. The number of nitrogens with one attached hydrogen (secondary N) is 1. The van der Waals surface area contributed by atoms with Gasteiger partial charge in [0.15, 0.2) is 0 Å². The van der Waals surface area contributed by atoms with Crippen LogP contribution in [-0.4, -0.2) is 73.0 Å². The lowest BCUT2D eigenvalue weighted by Crippen LogP contribution is -2.42. The number of nitrogens with zero attached hydrogens (tertiary/aromatic N) is 6. The second kappa shape index (κ2) is 11.1. The average Bonchev–Trinajstić information content (AvgIpc) is 3.76. The molecular weight excluding hydrogens is 592 g/mol. The Morgan fingerprint density at radius 2 is 2.10 bits per heavy atom. The number of hydrogen-bond donors (Lipinski definition) is 1. The van der Waals surface area contributed by atoms with E-state index in [1.54, 1.807) is 36.2 Å². The van der Waals surface area contributed by atoms with Gasteiger partial charge < -0.3 is 14.4 Å². The van der Waals surface area contributed by atoms with Crippen molar-refractivity contribution in [3.05, 3.63) is 64.8 Å². The summed E-state index contributed by atoms with van der Waals surface area (Å²) in [5.41, 5.74) is 1.36. The minimum Gasteiger partial charge on any atom is -0.488 e. The summed E-state index contributed by atoms with van der Waals surface area (Å²) in [7, 11) is -3.05. The van der Waals surface area contributed by atoms with Crippen molar-refractivity contribution in [3.63, 3.8) is 0 Å². The quantitative estimate of drug-likeness (QED) is 0.316. The SMILES string of the molecule is Cc1nnc(N(C)S(=O)(=O)NC(=O)c2cnc3ccc(N4C[C@@H](F)C[C@@H]4c4cc(F)ccc4O[C@@H]4CCOC4)cn23)s1. The minimum atomic E-state index is -4.31. The molecule has 0 saturated carbocycles. The maximum atomic E-state index is 14.9. The lowest BCUT2D eigenvalue weighted by Gasteiger charge is -2.29. The molecule has 1 N–H and O–H groups in total. The monoisotopic (exact) mass is 619 g/mol. The molecule has 3 aromatic heterocycles. The highest BCUT2D eigenvalue weighted by atomic mass is 32.2. The van der Waals surface area contributed by atoms with Gasteiger partial charge in [0.25, 0.3) is 5.91 Å². The molecule has 6 rings (SSSR count). The van der Waals surface area contributed by atoms with E-state index in [0.717, 1.165) is 15.6 Å². The van der Waals surface area contributed by atoms with Crippen molar-refractivity contribution in [2.24, 2.45) is 0 Å². The van der Waals surface area contributed by atoms with Crippen LogP contribution in [0.2, 0.25) is 0 Å². The summed E-state index contributed by atoms with van der Waals surface area (Å²) in [6.07, 6.45) is 2.25. The van der Waals surface area contributed by atoms with Gasteiger partial charge in [0, 0.05) is 38.2 Å². The lowest BCUT2D eigenvalue weighted by atomic mass is 10.0. The first kappa shape index (κ1) is 28.2. The Bertz CT molecular complexity index is 1740. The zero-order chi connectivity index (χ0) is 29.6. The fraction of sp³-hybridized carbons (Fsp3) is 0.385. The molecule has 12 nitrogen and oxygen atoms in total. The highest BCUT2D eigenvalue weighted by molar-refractivity contribution is 7.91. The standard InChI is InChI=1S/C26H27F2N7O5S2/c1-15-30-31-26(41-15)33(2)42(37,38)32-25(36)22-11-29-24-6-4-18(13-35(22)24)34-12-17(28)10-21(34)20-9-16(27)3-5-23(20)40-19-7-8-39-14-19/h3-6,9,11,13,17,19,21H,7-8,10,12,14H2,1-2H3,(H,32,36)/t17-,19+,21+/m0/s1. The molecule has 5 heterocycles. The van der Waals surface area contributed by atoms with Gasteiger partial charge in [-0.1, -0.05) is 11.3 Å². The molecule has 2 aliphatic rings. The summed E-state index contributed by atoms with van der Waals surface area (Å²) >= 11 is 1.06. The van der Waals surface area contributed by atoms with E-state index in [1.807, 2.05) is 4.72 Å². The van der Waals surface area contributed by atoms with E-state index in [0.29, 0.717) is 47.3 Å². The van der Waals surface area contributed by atoms with Crippen molar-refractivity contribution in [1.82, 2.24) is 24.3 Å². The molecule has 42 heavy (non-hydrogen) atoms. The van der Waals surface area contributed by atoms with Crippen LogP contribution in [0, 0.1) is 12.7 Å². The molecule has 16 heteroatoms. The maximum Gasteiger partial charge on any atom is 0.328 e. The van der Waals surface area contributed by atoms with Gasteiger partial charge in [-0.3, -0.25) is 9.20 Å². The average molecular weight is 620 g/mol. The molecule has 0 radical (unpaired) electrons. The third-order valence-electron chi connectivity index (χ3n) is 7.18. The van der Waals surface area contributed by atoms with Gasteiger partial charge in [-0.15, -0.1) is 10.2 Å². The van der Waals surface area contributed by atoms with E-state index < -0.39 is 34.1 Å².